The van der Waals surface area contributed by atoms with Crippen molar-refractivity contribution < 1.29 is 4.74 Å². The van der Waals surface area contributed by atoms with Gasteiger partial charge in [0.25, 0.3) is 0 Å². The molecule has 16 heavy (non-hydrogen) atoms. The van der Waals surface area contributed by atoms with E-state index in [4.69, 9.17) is 11.2 Å². The molecule has 86 valence electrons. The van der Waals surface area contributed by atoms with Crippen LogP contribution in [0.1, 0.15) is 25.3 Å². The highest BCUT2D eigenvalue weighted by molar-refractivity contribution is 5.33. The van der Waals surface area contributed by atoms with Crippen LogP contribution in [0.15, 0.2) is 24.3 Å². The molecule has 0 atom stereocenters. The Morgan fingerprint density at radius 2 is 2.19 bits per heavy atom. The second kappa shape index (κ2) is 7.78. The van der Waals surface area contributed by atoms with E-state index in [1.807, 2.05) is 18.2 Å². The SMILES string of the molecule is C#CCCCOc1ccccc1CNCC. The molecule has 0 unspecified atom stereocenters. The molecule has 0 fully saturated rings. The summed E-state index contributed by atoms with van der Waals surface area (Å²) in [6, 6.07) is 8.11. The Kier molecular flexibility index (Phi) is 6.13. The van der Waals surface area contributed by atoms with Crippen molar-refractivity contribution in [3.63, 3.8) is 0 Å². The number of hydrogen-bond acceptors (Lipinski definition) is 2. The number of terminal acetylenes is 1. The van der Waals surface area contributed by atoms with Gasteiger partial charge in [-0.2, -0.15) is 0 Å². The van der Waals surface area contributed by atoms with Crippen molar-refractivity contribution >= 4 is 0 Å². The molecule has 0 aliphatic heterocycles. The first-order valence-corrected chi connectivity index (χ1v) is 5.73. The number of ether oxygens (including phenoxy) is 1. The third-order valence-electron chi connectivity index (χ3n) is 2.26. The molecule has 0 amide bonds. The van der Waals surface area contributed by atoms with Gasteiger partial charge in [-0.05, 0) is 19.0 Å². The van der Waals surface area contributed by atoms with Gasteiger partial charge in [0.1, 0.15) is 5.75 Å². The third-order valence-corrected chi connectivity index (χ3v) is 2.26. The van der Waals surface area contributed by atoms with E-state index in [-0.39, 0.29) is 0 Å². The van der Waals surface area contributed by atoms with Gasteiger partial charge < -0.3 is 10.1 Å². The topological polar surface area (TPSA) is 21.3 Å². The fourth-order valence-electron chi connectivity index (χ4n) is 1.41. The van der Waals surface area contributed by atoms with Gasteiger partial charge in [0, 0.05) is 18.5 Å². The molecule has 0 saturated carbocycles. The van der Waals surface area contributed by atoms with Crippen LogP contribution in [0.25, 0.3) is 0 Å². The zero-order valence-corrected chi connectivity index (χ0v) is 9.83. The minimum absolute atomic E-state index is 0.688. The van der Waals surface area contributed by atoms with E-state index in [1.165, 1.54) is 5.56 Å². The largest absolute Gasteiger partial charge is 0.493 e. The van der Waals surface area contributed by atoms with E-state index in [2.05, 4.69) is 24.2 Å². The van der Waals surface area contributed by atoms with Gasteiger partial charge in [-0.25, -0.2) is 0 Å². The van der Waals surface area contributed by atoms with Gasteiger partial charge in [-0.15, -0.1) is 12.3 Å². The number of unbranched alkanes of at least 4 members (excludes halogenated alkanes) is 1. The maximum atomic E-state index is 5.70. The first kappa shape index (κ1) is 12.6. The first-order chi connectivity index (χ1) is 7.88. The Labute approximate surface area is 98.0 Å². The highest BCUT2D eigenvalue weighted by Gasteiger charge is 2.01. The minimum atomic E-state index is 0.688. The lowest BCUT2D eigenvalue weighted by molar-refractivity contribution is 0.309. The van der Waals surface area contributed by atoms with Crippen LogP contribution in [0, 0.1) is 12.3 Å². The zero-order valence-electron chi connectivity index (χ0n) is 9.83. The molecule has 0 bridgehead atoms. The summed E-state index contributed by atoms with van der Waals surface area (Å²) in [4.78, 5) is 0. The number of rotatable bonds is 7. The van der Waals surface area contributed by atoms with Gasteiger partial charge in [-0.3, -0.25) is 0 Å². The molecule has 0 saturated heterocycles. The number of para-hydroxylation sites is 1. The standard InChI is InChI=1S/C14H19NO/c1-3-5-8-11-16-14-10-7-6-9-13(14)12-15-4-2/h1,6-7,9-10,15H,4-5,8,11-12H2,2H3. The molecular formula is C14H19NO. The van der Waals surface area contributed by atoms with Crippen LogP contribution in [0.4, 0.5) is 0 Å². The molecule has 0 spiro atoms. The molecule has 1 rings (SSSR count). The molecule has 0 radical (unpaired) electrons. The average Bonchev–Trinajstić information content (AvgIpc) is 2.33. The second-order valence-corrected chi connectivity index (χ2v) is 3.54. The summed E-state index contributed by atoms with van der Waals surface area (Å²) in [5.74, 6) is 3.57. The number of hydrogen-bond donors (Lipinski definition) is 1. The molecule has 1 aromatic rings. The van der Waals surface area contributed by atoms with E-state index in [0.717, 1.165) is 31.7 Å². The Hall–Kier alpha value is -1.46. The Balaban J connectivity index is 2.47. The summed E-state index contributed by atoms with van der Waals surface area (Å²) in [5, 5.41) is 3.29. The predicted molar refractivity (Wildman–Crippen MR) is 67.4 cm³/mol. The van der Waals surface area contributed by atoms with E-state index >= 15 is 0 Å². The van der Waals surface area contributed by atoms with Crippen molar-refractivity contribution in [2.24, 2.45) is 0 Å². The van der Waals surface area contributed by atoms with Gasteiger partial charge in [-0.1, -0.05) is 25.1 Å². The van der Waals surface area contributed by atoms with Crippen molar-refractivity contribution in [1.29, 1.82) is 0 Å². The lowest BCUT2D eigenvalue weighted by Crippen LogP contribution is -2.13. The van der Waals surface area contributed by atoms with Gasteiger partial charge in [0.2, 0.25) is 0 Å². The highest BCUT2D eigenvalue weighted by Crippen LogP contribution is 2.17. The molecular weight excluding hydrogens is 198 g/mol. The summed E-state index contributed by atoms with van der Waals surface area (Å²) in [6.45, 7) is 4.59. The van der Waals surface area contributed by atoms with Crippen molar-refractivity contribution in [3.8, 4) is 18.1 Å². The minimum Gasteiger partial charge on any atom is -0.493 e. The van der Waals surface area contributed by atoms with Gasteiger partial charge in [0.05, 0.1) is 6.61 Å². The third kappa shape index (κ3) is 4.37. The van der Waals surface area contributed by atoms with E-state index in [9.17, 15) is 0 Å². The van der Waals surface area contributed by atoms with Crippen LogP contribution in [-0.4, -0.2) is 13.2 Å². The lowest BCUT2D eigenvalue weighted by Gasteiger charge is -2.11. The Morgan fingerprint density at radius 1 is 1.38 bits per heavy atom. The average molecular weight is 217 g/mol. The molecule has 2 heteroatoms. The van der Waals surface area contributed by atoms with E-state index in [1.54, 1.807) is 0 Å². The maximum absolute atomic E-state index is 5.70. The van der Waals surface area contributed by atoms with Crippen LogP contribution in [0.2, 0.25) is 0 Å². The highest BCUT2D eigenvalue weighted by atomic mass is 16.5. The van der Waals surface area contributed by atoms with E-state index < -0.39 is 0 Å². The molecule has 0 aromatic heterocycles. The van der Waals surface area contributed by atoms with Crippen LogP contribution in [0.3, 0.4) is 0 Å². The van der Waals surface area contributed by atoms with Crippen molar-refractivity contribution in [2.45, 2.75) is 26.3 Å². The summed E-state index contributed by atoms with van der Waals surface area (Å²) >= 11 is 0. The van der Waals surface area contributed by atoms with Crippen molar-refractivity contribution in [2.75, 3.05) is 13.2 Å². The van der Waals surface area contributed by atoms with Crippen molar-refractivity contribution in [3.05, 3.63) is 29.8 Å². The van der Waals surface area contributed by atoms with Crippen LogP contribution >= 0.6 is 0 Å². The summed E-state index contributed by atoms with van der Waals surface area (Å²) in [7, 11) is 0. The summed E-state index contributed by atoms with van der Waals surface area (Å²) in [5.41, 5.74) is 1.20. The summed E-state index contributed by atoms with van der Waals surface area (Å²) < 4.78 is 5.70. The fourth-order valence-corrected chi connectivity index (χ4v) is 1.41. The second-order valence-electron chi connectivity index (χ2n) is 3.54. The maximum Gasteiger partial charge on any atom is 0.123 e. The quantitative estimate of drug-likeness (QED) is 0.560. The summed E-state index contributed by atoms with van der Waals surface area (Å²) in [6.07, 6.45) is 6.87. The zero-order chi connectivity index (χ0) is 11.6. The lowest BCUT2D eigenvalue weighted by atomic mass is 10.2. The molecule has 2 nitrogen and oxygen atoms in total. The van der Waals surface area contributed by atoms with Crippen LogP contribution < -0.4 is 10.1 Å². The van der Waals surface area contributed by atoms with Crippen LogP contribution in [0.5, 0.6) is 5.75 Å². The first-order valence-electron chi connectivity index (χ1n) is 5.73. The monoisotopic (exact) mass is 217 g/mol. The molecule has 0 heterocycles. The molecule has 0 aliphatic carbocycles. The molecule has 1 aromatic carbocycles. The van der Waals surface area contributed by atoms with Crippen molar-refractivity contribution in [1.82, 2.24) is 5.32 Å². The molecule has 0 aliphatic rings. The Bertz CT molecular complexity index is 341. The smallest absolute Gasteiger partial charge is 0.123 e. The molecule has 1 N–H and O–H groups in total. The Morgan fingerprint density at radius 3 is 2.94 bits per heavy atom. The van der Waals surface area contributed by atoms with Gasteiger partial charge >= 0.3 is 0 Å². The predicted octanol–water partition coefficient (Wildman–Crippen LogP) is 2.59. The van der Waals surface area contributed by atoms with Gasteiger partial charge in [0.15, 0.2) is 0 Å². The fraction of sp³-hybridized carbons (Fsp3) is 0.429. The number of benzene rings is 1. The normalized spacial score (nSPS) is 9.75. The van der Waals surface area contributed by atoms with Crippen LogP contribution in [-0.2, 0) is 6.54 Å². The van der Waals surface area contributed by atoms with E-state index in [0.29, 0.717) is 6.61 Å². The number of nitrogens with one attached hydrogen (secondary N) is 1.